The largest absolute Gasteiger partial charge is 0.250 e. The number of benzene rings is 2. The van der Waals surface area contributed by atoms with Gasteiger partial charge in [-0.25, -0.2) is 5.10 Å². The Morgan fingerprint density at radius 3 is 2.55 bits per heavy atom. The number of nitrogens with one attached hydrogen (secondary N) is 1. The zero-order chi connectivity index (χ0) is 15.5. The van der Waals surface area contributed by atoms with Crippen LogP contribution < -0.4 is 0 Å². The summed E-state index contributed by atoms with van der Waals surface area (Å²) in [6.07, 6.45) is 1.78. The lowest BCUT2D eigenvalue weighted by Crippen LogP contribution is -1.96. The first-order valence-electron chi connectivity index (χ1n) is 6.99. The Hall–Kier alpha value is -2.53. The lowest BCUT2D eigenvalue weighted by molar-refractivity contribution is 0.871. The molecule has 0 aliphatic heterocycles. The highest BCUT2D eigenvalue weighted by molar-refractivity contribution is 7.71. The summed E-state index contributed by atoms with van der Waals surface area (Å²) in [4.78, 5) is 0. The van der Waals surface area contributed by atoms with E-state index in [1.807, 2.05) is 43.3 Å². The molecule has 0 aliphatic rings. The van der Waals surface area contributed by atoms with Crippen LogP contribution in [0.4, 0.5) is 0 Å². The molecule has 0 atom stereocenters. The predicted octanol–water partition coefficient (Wildman–Crippen LogP) is 4.11. The van der Waals surface area contributed by atoms with E-state index in [4.69, 9.17) is 12.2 Å². The minimum Gasteiger partial charge on any atom is -0.250 e. The highest BCUT2D eigenvalue weighted by Gasteiger charge is 2.09. The van der Waals surface area contributed by atoms with Gasteiger partial charge in [-0.15, -0.1) is 0 Å². The van der Waals surface area contributed by atoms with Crippen molar-refractivity contribution in [2.45, 2.75) is 13.8 Å². The minimum absolute atomic E-state index is 0.474. The first kappa shape index (κ1) is 14.4. The fraction of sp³-hybridized carbons (Fsp3) is 0.118. The molecule has 0 amide bonds. The third-order valence-corrected chi connectivity index (χ3v) is 3.70. The van der Waals surface area contributed by atoms with Crippen LogP contribution >= 0.6 is 12.2 Å². The zero-order valence-corrected chi connectivity index (χ0v) is 13.3. The van der Waals surface area contributed by atoms with E-state index in [-0.39, 0.29) is 0 Å². The first-order valence-corrected chi connectivity index (χ1v) is 7.40. The molecular formula is C17H16N4S. The quantitative estimate of drug-likeness (QED) is 0.584. The Kier molecular flexibility index (Phi) is 3.98. The normalized spacial score (nSPS) is 11.2. The number of aromatic amines is 1. The van der Waals surface area contributed by atoms with Crippen LogP contribution in [-0.2, 0) is 0 Å². The average Bonchev–Trinajstić information content (AvgIpc) is 2.88. The van der Waals surface area contributed by atoms with Crippen LogP contribution in [0, 0.1) is 18.6 Å². The molecule has 1 N–H and O–H groups in total. The van der Waals surface area contributed by atoms with Gasteiger partial charge >= 0.3 is 0 Å². The maximum Gasteiger partial charge on any atom is 0.216 e. The minimum atomic E-state index is 0.474. The third-order valence-electron chi connectivity index (χ3n) is 3.44. The molecule has 0 spiro atoms. The van der Waals surface area contributed by atoms with Crippen LogP contribution in [0.3, 0.4) is 0 Å². The lowest BCUT2D eigenvalue weighted by atomic mass is 10.1. The van der Waals surface area contributed by atoms with Crippen molar-refractivity contribution in [2.75, 3.05) is 0 Å². The van der Waals surface area contributed by atoms with Crippen LogP contribution in [0.15, 0.2) is 53.6 Å². The molecule has 0 saturated carbocycles. The highest BCUT2D eigenvalue weighted by atomic mass is 32.1. The van der Waals surface area contributed by atoms with E-state index in [0.717, 1.165) is 16.7 Å². The predicted molar refractivity (Wildman–Crippen MR) is 91.8 cm³/mol. The Bertz CT molecular complexity index is 872. The molecule has 1 aromatic heterocycles. The number of H-pyrrole nitrogens is 1. The molecule has 0 bridgehead atoms. The Morgan fingerprint density at radius 1 is 1.09 bits per heavy atom. The zero-order valence-electron chi connectivity index (χ0n) is 12.4. The van der Waals surface area contributed by atoms with E-state index in [1.54, 1.807) is 10.9 Å². The Morgan fingerprint density at radius 2 is 1.82 bits per heavy atom. The number of rotatable bonds is 3. The molecule has 0 fully saturated rings. The maximum atomic E-state index is 5.28. The SMILES string of the molecule is Cc1ccc(C=Nn2c(-c3ccccc3C)n[nH]c2=S)cc1. The van der Waals surface area contributed by atoms with Crippen molar-refractivity contribution in [1.82, 2.24) is 14.9 Å². The summed E-state index contributed by atoms with van der Waals surface area (Å²) < 4.78 is 2.12. The van der Waals surface area contributed by atoms with Gasteiger partial charge in [0.05, 0.1) is 6.21 Å². The number of hydrogen-bond acceptors (Lipinski definition) is 3. The van der Waals surface area contributed by atoms with E-state index in [9.17, 15) is 0 Å². The second-order valence-electron chi connectivity index (χ2n) is 5.13. The summed E-state index contributed by atoms with van der Waals surface area (Å²) in [6, 6.07) is 16.2. The number of aryl methyl sites for hydroxylation is 2. The molecule has 1 heterocycles. The van der Waals surface area contributed by atoms with Crippen molar-refractivity contribution in [1.29, 1.82) is 0 Å². The molecule has 22 heavy (non-hydrogen) atoms. The molecule has 0 radical (unpaired) electrons. The fourth-order valence-corrected chi connectivity index (χ4v) is 2.35. The molecule has 0 unspecified atom stereocenters. The summed E-state index contributed by atoms with van der Waals surface area (Å²) in [6.45, 7) is 4.10. The molecule has 0 saturated heterocycles. The molecular weight excluding hydrogens is 292 g/mol. The van der Waals surface area contributed by atoms with Crippen LogP contribution in [0.25, 0.3) is 11.4 Å². The number of aromatic nitrogens is 3. The van der Waals surface area contributed by atoms with Gasteiger partial charge in [0.15, 0.2) is 5.82 Å². The van der Waals surface area contributed by atoms with E-state index in [2.05, 4.69) is 34.4 Å². The van der Waals surface area contributed by atoms with Crippen LogP contribution in [0.2, 0.25) is 0 Å². The van der Waals surface area contributed by atoms with Crippen LogP contribution in [0.1, 0.15) is 16.7 Å². The van der Waals surface area contributed by atoms with E-state index >= 15 is 0 Å². The van der Waals surface area contributed by atoms with Gasteiger partial charge < -0.3 is 0 Å². The Labute approximate surface area is 134 Å². The lowest BCUT2D eigenvalue weighted by Gasteiger charge is -2.04. The summed E-state index contributed by atoms with van der Waals surface area (Å²) in [7, 11) is 0. The highest BCUT2D eigenvalue weighted by Crippen LogP contribution is 2.21. The molecule has 2 aromatic carbocycles. The van der Waals surface area contributed by atoms with Crippen molar-refractivity contribution in [3.8, 4) is 11.4 Å². The van der Waals surface area contributed by atoms with Gasteiger partial charge in [-0.05, 0) is 37.2 Å². The van der Waals surface area contributed by atoms with Gasteiger partial charge in [0.1, 0.15) is 0 Å². The number of nitrogens with zero attached hydrogens (tertiary/aromatic N) is 3. The molecule has 3 aromatic rings. The second kappa shape index (κ2) is 6.07. The maximum absolute atomic E-state index is 5.28. The Balaban J connectivity index is 2.02. The number of hydrogen-bond donors (Lipinski definition) is 1. The van der Waals surface area contributed by atoms with Crippen molar-refractivity contribution >= 4 is 18.4 Å². The smallest absolute Gasteiger partial charge is 0.216 e. The van der Waals surface area contributed by atoms with Crippen molar-refractivity contribution in [2.24, 2.45) is 5.10 Å². The van der Waals surface area contributed by atoms with E-state index in [1.165, 1.54) is 5.56 Å². The third kappa shape index (κ3) is 2.89. The topological polar surface area (TPSA) is 46.0 Å². The summed E-state index contributed by atoms with van der Waals surface area (Å²) in [5.41, 5.74) is 4.38. The monoisotopic (exact) mass is 308 g/mol. The van der Waals surface area contributed by atoms with Crippen molar-refractivity contribution < 1.29 is 0 Å². The van der Waals surface area contributed by atoms with Gasteiger partial charge in [0, 0.05) is 5.56 Å². The van der Waals surface area contributed by atoms with Crippen molar-refractivity contribution in [3.63, 3.8) is 0 Å². The average molecular weight is 308 g/mol. The fourth-order valence-electron chi connectivity index (χ4n) is 2.17. The van der Waals surface area contributed by atoms with Gasteiger partial charge in [-0.3, -0.25) is 0 Å². The van der Waals surface area contributed by atoms with Gasteiger partial charge in [0.2, 0.25) is 4.77 Å². The standard InChI is InChI=1S/C17H16N4S/c1-12-7-9-14(10-8-12)11-18-21-16(19-20-17(21)22)15-6-4-3-5-13(15)2/h3-11H,1-2H3,(H,20,22). The molecule has 3 rings (SSSR count). The molecule has 4 nitrogen and oxygen atoms in total. The summed E-state index contributed by atoms with van der Waals surface area (Å²) in [5, 5.41) is 11.6. The van der Waals surface area contributed by atoms with Gasteiger partial charge in [0.25, 0.3) is 0 Å². The van der Waals surface area contributed by atoms with Crippen molar-refractivity contribution in [3.05, 3.63) is 70.0 Å². The first-order chi connectivity index (χ1) is 10.6. The van der Waals surface area contributed by atoms with Crippen LogP contribution in [-0.4, -0.2) is 21.1 Å². The van der Waals surface area contributed by atoms with E-state index < -0.39 is 0 Å². The summed E-state index contributed by atoms with van der Waals surface area (Å²) >= 11 is 5.28. The molecule has 110 valence electrons. The van der Waals surface area contributed by atoms with Gasteiger partial charge in [-0.1, -0.05) is 54.1 Å². The second-order valence-corrected chi connectivity index (χ2v) is 5.52. The van der Waals surface area contributed by atoms with Gasteiger partial charge in [-0.2, -0.15) is 14.9 Å². The summed E-state index contributed by atoms with van der Waals surface area (Å²) in [5.74, 6) is 0.714. The molecule has 0 aliphatic carbocycles. The van der Waals surface area contributed by atoms with E-state index in [0.29, 0.717) is 10.6 Å². The van der Waals surface area contributed by atoms with Crippen LogP contribution in [0.5, 0.6) is 0 Å². The molecule has 5 heteroatoms.